The van der Waals surface area contributed by atoms with Gasteiger partial charge in [0.2, 0.25) is 0 Å². The third-order valence-electron chi connectivity index (χ3n) is 7.19. The van der Waals surface area contributed by atoms with Crippen molar-refractivity contribution in [1.82, 2.24) is 4.90 Å². The van der Waals surface area contributed by atoms with E-state index in [-0.39, 0.29) is 30.3 Å². The monoisotopic (exact) mass is 380 g/mol. The number of ether oxygens (including phenoxy) is 1. The van der Waals surface area contributed by atoms with Gasteiger partial charge in [0.05, 0.1) is 17.9 Å². The van der Waals surface area contributed by atoms with Gasteiger partial charge in [0.25, 0.3) is 5.91 Å². The van der Waals surface area contributed by atoms with Gasteiger partial charge in [-0.25, -0.2) is 0 Å². The van der Waals surface area contributed by atoms with Gasteiger partial charge in [-0.05, 0) is 61.3 Å². The average Bonchev–Trinajstić information content (AvgIpc) is 2.69. The molecule has 0 aromatic heterocycles. The zero-order valence-electron chi connectivity index (χ0n) is 16.5. The molecule has 4 aliphatic carbocycles. The van der Waals surface area contributed by atoms with Gasteiger partial charge in [-0.2, -0.15) is 5.26 Å². The number of amides is 1. The predicted molar refractivity (Wildman–Crippen MR) is 104 cm³/mol. The standard InChI is InChI=1S/C23H28N2O3/c1-25(9-5-8-24)20(26)15-28-21(27)23-13-17-10-18(14-23)12-22(11-17,16-23)19-6-3-2-4-7-19/h2-4,6-7,17-18H,5,9-16H2,1H3/t17-,18+,22?,23?. The summed E-state index contributed by atoms with van der Waals surface area (Å²) in [5.74, 6) is 0.709. The molecule has 4 atom stereocenters. The molecule has 0 aliphatic heterocycles. The fourth-order valence-electron chi connectivity index (χ4n) is 6.36. The Morgan fingerprint density at radius 1 is 1.18 bits per heavy atom. The zero-order valence-corrected chi connectivity index (χ0v) is 16.5. The summed E-state index contributed by atoms with van der Waals surface area (Å²) in [7, 11) is 1.64. The number of hydrogen-bond donors (Lipinski definition) is 0. The lowest BCUT2D eigenvalue weighted by Crippen LogP contribution is -2.57. The van der Waals surface area contributed by atoms with Crippen LogP contribution in [0.15, 0.2) is 30.3 Å². The van der Waals surface area contributed by atoms with Gasteiger partial charge in [0.15, 0.2) is 6.61 Å². The molecule has 4 fully saturated rings. The molecule has 5 heteroatoms. The molecule has 5 rings (SSSR count). The van der Waals surface area contributed by atoms with Gasteiger partial charge in [-0.1, -0.05) is 30.3 Å². The summed E-state index contributed by atoms with van der Waals surface area (Å²) in [4.78, 5) is 26.8. The lowest BCUT2D eigenvalue weighted by atomic mass is 9.43. The van der Waals surface area contributed by atoms with Crippen LogP contribution >= 0.6 is 0 Å². The molecule has 0 heterocycles. The Labute approximate surface area is 166 Å². The molecule has 5 nitrogen and oxygen atoms in total. The van der Waals surface area contributed by atoms with Crippen molar-refractivity contribution in [2.24, 2.45) is 17.3 Å². The molecular formula is C23H28N2O3. The maximum Gasteiger partial charge on any atom is 0.312 e. The molecule has 0 saturated heterocycles. The van der Waals surface area contributed by atoms with Gasteiger partial charge in [-0.15, -0.1) is 0 Å². The van der Waals surface area contributed by atoms with Gasteiger partial charge in [0, 0.05) is 13.6 Å². The molecule has 148 valence electrons. The molecule has 1 aromatic carbocycles. The Morgan fingerprint density at radius 3 is 2.50 bits per heavy atom. The number of hydrogen-bond acceptors (Lipinski definition) is 4. The van der Waals surface area contributed by atoms with Crippen molar-refractivity contribution in [3.05, 3.63) is 35.9 Å². The largest absolute Gasteiger partial charge is 0.455 e. The van der Waals surface area contributed by atoms with Crippen LogP contribution < -0.4 is 0 Å². The van der Waals surface area contributed by atoms with E-state index in [1.54, 1.807) is 7.05 Å². The molecule has 1 amide bonds. The van der Waals surface area contributed by atoms with Crippen molar-refractivity contribution < 1.29 is 14.3 Å². The molecule has 0 radical (unpaired) electrons. The molecule has 2 unspecified atom stereocenters. The highest BCUT2D eigenvalue weighted by atomic mass is 16.5. The first-order valence-electron chi connectivity index (χ1n) is 10.3. The number of rotatable bonds is 6. The van der Waals surface area contributed by atoms with Crippen LogP contribution in [0.1, 0.15) is 50.5 Å². The fraction of sp³-hybridized carbons (Fsp3) is 0.609. The summed E-state index contributed by atoms with van der Waals surface area (Å²) < 4.78 is 5.56. The Hall–Kier alpha value is -2.35. The van der Waals surface area contributed by atoms with Gasteiger partial charge in [-0.3, -0.25) is 9.59 Å². The second-order valence-electron chi connectivity index (χ2n) is 9.19. The topological polar surface area (TPSA) is 70.4 Å². The Kier molecular flexibility index (Phi) is 4.91. The van der Waals surface area contributed by atoms with Crippen LogP contribution in [0, 0.1) is 28.6 Å². The molecule has 4 bridgehead atoms. The Morgan fingerprint density at radius 2 is 1.86 bits per heavy atom. The minimum absolute atomic E-state index is 0.0813. The highest BCUT2D eigenvalue weighted by molar-refractivity contribution is 5.83. The van der Waals surface area contributed by atoms with Crippen LogP contribution in [-0.2, 0) is 19.7 Å². The van der Waals surface area contributed by atoms with Crippen LogP contribution in [0.4, 0.5) is 0 Å². The maximum absolute atomic E-state index is 13.2. The zero-order chi connectivity index (χ0) is 19.8. The quantitative estimate of drug-likeness (QED) is 0.709. The number of nitriles is 1. The number of carbonyl (C=O) groups excluding carboxylic acids is 2. The molecular weight excluding hydrogens is 352 g/mol. The van der Waals surface area contributed by atoms with Crippen molar-refractivity contribution >= 4 is 11.9 Å². The SMILES string of the molecule is CN(CCC#N)C(=O)COC(=O)C12C[C@H]3C[C@@H](C1)CC(c1ccccc1)(C3)C2. The minimum Gasteiger partial charge on any atom is -0.455 e. The van der Waals surface area contributed by atoms with E-state index in [9.17, 15) is 9.59 Å². The van der Waals surface area contributed by atoms with Crippen molar-refractivity contribution in [1.29, 1.82) is 5.26 Å². The summed E-state index contributed by atoms with van der Waals surface area (Å²) in [6.07, 6.45) is 6.47. The van der Waals surface area contributed by atoms with Crippen molar-refractivity contribution in [3.8, 4) is 6.07 Å². The smallest absolute Gasteiger partial charge is 0.312 e. The first-order chi connectivity index (χ1) is 13.5. The summed E-state index contributed by atoms with van der Waals surface area (Å²) in [6.45, 7) is 0.134. The Bertz CT molecular complexity index is 784. The van der Waals surface area contributed by atoms with E-state index in [1.165, 1.54) is 29.7 Å². The van der Waals surface area contributed by atoms with Crippen molar-refractivity contribution in [3.63, 3.8) is 0 Å². The van der Waals surface area contributed by atoms with Crippen molar-refractivity contribution in [2.45, 2.75) is 50.4 Å². The van der Waals surface area contributed by atoms with E-state index >= 15 is 0 Å². The third kappa shape index (κ3) is 3.30. The highest BCUT2D eigenvalue weighted by Crippen LogP contribution is 2.66. The summed E-state index contributed by atoms with van der Waals surface area (Å²) in [5, 5.41) is 8.66. The van der Waals surface area contributed by atoms with Crippen LogP contribution in [0.3, 0.4) is 0 Å². The second-order valence-corrected chi connectivity index (χ2v) is 9.19. The predicted octanol–water partition coefficient (Wildman–Crippen LogP) is 3.44. The minimum atomic E-state index is -0.439. The fourth-order valence-corrected chi connectivity index (χ4v) is 6.36. The van der Waals surface area contributed by atoms with E-state index in [0.717, 1.165) is 19.3 Å². The molecule has 0 spiro atoms. The molecule has 4 aliphatic rings. The number of benzene rings is 1. The number of carbonyl (C=O) groups is 2. The number of esters is 1. The van der Waals surface area contributed by atoms with Crippen LogP contribution in [0.5, 0.6) is 0 Å². The first-order valence-corrected chi connectivity index (χ1v) is 10.3. The van der Waals surface area contributed by atoms with Gasteiger partial charge >= 0.3 is 5.97 Å². The van der Waals surface area contributed by atoms with E-state index in [2.05, 4.69) is 24.3 Å². The van der Waals surface area contributed by atoms with E-state index in [0.29, 0.717) is 18.4 Å². The number of nitrogens with zero attached hydrogens (tertiary/aromatic N) is 2. The normalized spacial score (nSPS) is 32.6. The first kappa shape index (κ1) is 19.0. The van der Waals surface area contributed by atoms with Crippen LogP contribution in [0.25, 0.3) is 0 Å². The summed E-state index contributed by atoms with van der Waals surface area (Å²) >= 11 is 0. The summed E-state index contributed by atoms with van der Waals surface area (Å²) in [6, 6.07) is 12.7. The lowest BCUT2D eigenvalue weighted by Gasteiger charge is -2.61. The molecule has 0 N–H and O–H groups in total. The average molecular weight is 380 g/mol. The van der Waals surface area contributed by atoms with E-state index < -0.39 is 5.41 Å². The summed E-state index contributed by atoms with van der Waals surface area (Å²) in [5.41, 5.74) is 0.997. The number of likely N-dealkylation sites (N-methyl/N-ethyl adjacent to an activating group) is 1. The van der Waals surface area contributed by atoms with Gasteiger partial charge in [0.1, 0.15) is 0 Å². The second kappa shape index (κ2) is 7.24. The van der Waals surface area contributed by atoms with E-state index in [4.69, 9.17) is 10.00 Å². The van der Waals surface area contributed by atoms with Crippen molar-refractivity contribution in [2.75, 3.05) is 20.2 Å². The maximum atomic E-state index is 13.2. The molecule has 28 heavy (non-hydrogen) atoms. The third-order valence-corrected chi connectivity index (χ3v) is 7.19. The van der Waals surface area contributed by atoms with Crippen LogP contribution in [-0.4, -0.2) is 37.0 Å². The highest BCUT2D eigenvalue weighted by Gasteiger charge is 2.61. The van der Waals surface area contributed by atoms with Crippen LogP contribution in [0.2, 0.25) is 0 Å². The lowest BCUT2D eigenvalue weighted by molar-refractivity contribution is -0.176. The molecule has 4 saturated carbocycles. The van der Waals surface area contributed by atoms with Gasteiger partial charge < -0.3 is 9.64 Å². The Balaban J connectivity index is 1.48. The molecule has 1 aromatic rings. The van der Waals surface area contributed by atoms with E-state index in [1.807, 2.05) is 12.1 Å².